The van der Waals surface area contributed by atoms with Gasteiger partial charge in [0.15, 0.2) is 0 Å². The van der Waals surface area contributed by atoms with Gasteiger partial charge >= 0.3 is 0 Å². The lowest BCUT2D eigenvalue weighted by molar-refractivity contribution is 0.304. The highest BCUT2D eigenvalue weighted by molar-refractivity contribution is 5.84. The van der Waals surface area contributed by atoms with Crippen molar-refractivity contribution in [2.45, 2.75) is 142 Å². The van der Waals surface area contributed by atoms with Gasteiger partial charge in [0.05, 0.1) is 19.4 Å². The molecule has 0 aliphatic heterocycles. The number of unbranched alkanes of at least 4 members (excludes halogenated alkanes) is 18. The Hall–Kier alpha value is -3.79. The molecule has 51 heavy (non-hydrogen) atoms. The molecule has 0 amide bonds. The summed E-state index contributed by atoms with van der Waals surface area (Å²) in [5, 5.41) is 12.5. The first-order valence-electron chi connectivity index (χ1n) is 20.3. The molecular formula is C47H67NO3. The highest BCUT2D eigenvalue weighted by atomic mass is 16.5. The molecule has 3 aromatic carbocycles. The molecule has 3 aromatic rings. The first-order chi connectivity index (χ1) is 25.2. The molecule has 0 unspecified atom stereocenters. The van der Waals surface area contributed by atoms with Crippen LogP contribution in [-0.4, -0.2) is 24.6 Å². The van der Waals surface area contributed by atoms with Crippen LogP contribution >= 0.6 is 0 Å². The van der Waals surface area contributed by atoms with Crippen LogP contribution in [0.1, 0.15) is 170 Å². The van der Waals surface area contributed by atoms with Crippen molar-refractivity contribution in [3.05, 3.63) is 94.5 Å². The Morgan fingerprint density at radius 1 is 0.412 bits per heavy atom. The molecule has 0 saturated heterocycles. The smallest absolute Gasteiger partial charge is 0.119 e. The Bertz CT molecular complexity index is 1280. The van der Waals surface area contributed by atoms with Crippen LogP contribution in [0.3, 0.4) is 0 Å². The molecule has 4 nitrogen and oxygen atoms in total. The van der Waals surface area contributed by atoms with Crippen LogP contribution in [0.2, 0.25) is 0 Å². The SMILES string of the molecule is CCCCCCCCCCCCOc1ccc(/C=C/c2cc(/C=C/c3ccc(OCCCCCCCCCCCC)cc3)cc(/C=N/O)c2)cc1. The highest BCUT2D eigenvalue weighted by Gasteiger charge is 2.00. The van der Waals surface area contributed by atoms with Gasteiger partial charge in [-0.2, -0.15) is 0 Å². The molecule has 0 aliphatic carbocycles. The summed E-state index contributed by atoms with van der Waals surface area (Å²) < 4.78 is 12.0. The number of oxime groups is 1. The molecular weight excluding hydrogens is 627 g/mol. The Kier molecular flexibility index (Phi) is 22.8. The van der Waals surface area contributed by atoms with Gasteiger partial charge in [0.1, 0.15) is 11.5 Å². The number of hydrogen-bond donors (Lipinski definition) is 1. The van der Waals surface area contributed by atoms with E-state index in [1.54, 1.807) is 0 Å². The Labute approximate surface area is 311 Å². The monoisotopic (exact) mass is 694 g/mol. The third-order valence-corrected chi connectivity index (χ3v) is 9.44. The average molecular weight is 694 g/mol. The van der Waals surface area contributed by atoms with Gasteiger partial charge < -0.3 is 14.7 Å². The van der Waals surface area contributed by atoms with Crippen LogP contribution in [0.4, 0.5) is 0 Å². The van der Waals surface area contributed by atoms with Crippen LogP contribution < -0.4 is 9.47 Å². The summed E-state index contributed by atoms with van der Waals surface area (Å²) in [4.78, 5) is 0. The predicted molar refractivity (Wildman–Crippen MR) is 221 cm³/mol. The van der Waals surface area contributed by atoms with Crippen LogP contribution in [0.15, 0.2) is 71.9 Å². The zero-order valence-corrected chi connectivity index (χ0v) is 32.0. The van der Waals surface area contributed by atoms with Crippen LogP contribution in [0.25, 0.3) is 24.3 Å². The third-order valence-electron chi connectivity index (χ3n) is 9.44. The van der Waals surface area contributed by atoms with E-state index < -0.39 is 0 Å². The van der Waals surface area contributed by atoms with Crippen LogP contribution in [0.5, 0.6) is 11.5 Å². The van der Waals surface area contributed by atoms with Crippen molar-refractivity contribution >= 4 is 30.5 Å². The minimum Gasteiger partial charge on any atom is -0.494 e. The van der Waals surface area contributed by atoms with Gasteiger partial charge in [0, 0.05) is 0 Å². The molecule has 1 N–H and O–H groups in total. The van der Waals surface area contributed by atoms with Gasteiger partial charge in [-0.25, -0.2) is 0 Å². The van der Waals surface area contributed by atoms with Crippen molar-refractivity contribution in [2.75, 3.05) is 13.2 Å². The van der Waals surface area contributed by atoms with E-state index >= 15 is 0 Å². The summed E-state index contributed by atoms with van der Waals surface area (Å²) in [6.07, 6.45) is 36.4. The fourth-order valence-electron chi connectivity index (χ4n) is 6.33. The Morgan fingerprint density at radius 2 is 0.725 bits per heavy atom. The molecule has 0 saturated carbocycles. The molecule has 4 heteroatoms. The first-order valence-corrected chi connectivity index (χ1v) is 20.3. The van der Waals surface area contributed by atoms with E-state index in [2.05, 4.69) is 73.6 Å². The van der Waals surface area contributed by atoms with E-state index in [0.29, 0.717) is 0 Å². The summed E-state index contributed by atoms with van der Waals surface area (Å²) in [5.41, 5.74) is 5.11. The molecule has 0 aliphatic rings. The molecule has 278 valence electrons. The fraction of sp³-hybridized carbons (Fsp3) is 0.511. The lowest BCUT2D eigenvalue weighted by atomic mass is 10.0. The largest absolute Gasteiger partial charge is 0.494 e. The summed E-state index contributed by atoms with van der Waals surface area (Å²) in [5.74, 6) is 1.84. The topological polar surface area (TPSA) is 51.0 Å². The third kappa shape index (κ3) is 20.0. The van der Waals surface area contributed by atoms with Gasteiger partial charge in [-0.3, -0.25) is 0 Å². The van der Waals surface area contributed by atoms with Gasteiger partial charge in [-0.1, -0.05) is 183 Å². The zero-order chi connectivity index (χ0) is 36.0. The number of nitrogens with zero attached hydrogens (tertiary/aromatic N) is 1. The lowest BCUT2D eigenvalue weighted by Crippen LogP contribution is -1.97. The van der Waals surface area contributed by atoms with Gasteiger partial charge in [0.25, 0.3) is 0 Å². The molecule has 3 rings (SSSR count). The molecule has 0 heterocycles. The maximum Gasteiger partial charge on any atom is 0.119 e. The summed E-state index contributed by atoms with van der Waals surface area (Å²) in [7, 11) is 0. The first kappa shape index (κ1) is 41.6. The Balaban J connectivity index is 1.39. The normalized spacial score (nSPS) is 11.7. The highest BCUT2D eigenvalue weighted by Crippen LogP contribution is 2.20. The van der Waals surface area contributed by atoms with Crippen molar-refractivity contribution < 1.29 is 14.7 Å². The van der Waals surface area contributed by atoms with Gasteiger partial charge in [-0.15, -0.1) is 0 Å². The summed E-state index contributed by atoms with van der Waals surface area (Å²) in [6.45, 7) is 6.10. The second kappa shape index (κ2) is 27.9. The minimum atomic E-state index is 0.776. The van der Waals surface area contributed by atoms with Crippen LogP contribution in [0, 0.1) is 0 Å². The fourth-order valence-corrected chi connectivity index (χ4v) is 6.33. The van der Waals surface area contributed by atoms with E-state index in [1.165, 1.54) is 122 Å². The van der Waals surface area contributed by atoms with E-state index in [9.17, 15) is 5.21 Å². The molecule has 0 bridgehead atoms. The van der Waals surface area contributed by atoms with Crippen LogP contribution in [-0.2, 0) is 0 Å². The standard InChI is InChI=1S/C47H67NO3/c1-3-5-7-9-11-13-15-17-19-21-35-50-46-31-27-41(28-32-46)23-25-43-37-44(39-45(38-43)40-48-49)26-24-42-29-33-47(34-30-42)51-36-22-20-18-16-14-12-10-8-6-4-2/h23-34,37-40,49H,3-22,35-36H2,1-2H3/b25-23+,26-24+,48-40+. The minimum absolute atomic E-state index is 0.776. The van der Waals surface area contributed by atoms with Gasteiger partial charge in [0.2, 0.25) is 0 Å². The molecule has 0 aromatic heterocycles. The van der Waals surface area contributed by atoms with Crippen molar-refractivity contribution in [1.29, 1.82) is 0 Å². The maximum atomic E-state index is 9.20. The van der Waals surface area contributed by atoms with Gasteiger partial charge in [-0.05, 0) is 83.1 Å². The van der Waals surface area contributed by atoms with Crippen molar-refractivity contribution in [2.24, 2.45) is 5.16 Å². The Morgan fingerprint density at radius 3 is 1.08 bits per heavy atom. The van der Waals surface area contributed by atoms with E-state index in [-0.39, 0.29) is 0 Å². The zero-order valence-electron chi connectivity index (χ0n) is 32.0. The lowest BCUT2D eigenvalue weighted by Gasteiger charge is -2.07. The maximum absolute atomic E-state index is 9.20. The second-order valence-corrected chi connectivity index (χ2v) is 14.0. The number of hydrogen-bond acceptors (Lipinski definition) is 4. The van der Waals surface area contributed by atoms with E-state index in [0.717, 1.165) is 65.4 Å². The van der Waals surface area contributed by atoms with Crippen molar-refractivity contribution in [3.63, 3.8) is 0 Å². The van der Waals surface area contributed by atoms with Crippen molar-refractivity contribution in [3.8, 4) is 11.5 Å². The van der Waals surface area contributed by atoms with Crippen molar-refractivity contribution in [1.82, 2.24) is 0 Å². The number of benzene rings is 3. The summed E-state index contributed by atoms with van der Waals surface area (Å²) >= 11 is 0. The number of ether oxygens (including phenoxy) is 2. The molecule has 0 radical (unpaired) electrons. The number of rotatable bonds is 29. The molecule has 0 fully saturated rings. The summed E-state index contributed by atoms with van der Waals surface area (Å²) in [6, 6.07) is 22.7. The molecule has 0 atom stereocenters. The average Bonchev–Trinajstić information content (AvgIpc) is 3.15. The second-order valence-electron chi connectivity index (χ2n) is 14.0. The quantitative estimate of drug-likeness (QED) is 0.0259. The predicted octanol–water partition coefficient (Wildman–Crippen LogP) is 14.4. The van der Waals surface area contributed by atoms with E-state index in [1.807, 2.05) is 36.4 Å². The van der Waals surface area contributed by atoms with E-state index in [4.69, 9.17) is 9.47 Å². The molecule has 0 spiro atoms.